The van der Waals surface area contributed by atoms with Gasteiger partial charge in [-0.15, -0.1) is 11.3 Å². The fraction of sp³-hybridized carbons (Fsp3) is 0.444. The van der Waals surface area contributed by atoms with Crippen LogP contribution in [-0.2, 0) is 11.3 Å². The van der Waals surface area contributed by atoms with E-state index < -0.39 is 0 Å². The van der Waals surface area contributed by atoms with Crippen molar-refractivity contribution in [2.45, 2.75) is 20.4 Å². The molecule has 128 valence electrons. The number of ether oxygens (including phenoxy) is 1. The van der Waals surface area contributed by atoms with Crippen LogP contribution >= 0.6 is 11.3 Å². The fourth-order valence-corrected chi connectivity index (χ4v) is 3.58. The third-order valence-electron chi connectivity index (χ3n) is 4.20. The van der Waals surface area contributed by atoms with E-state index in [0.717, 1.165) is 54.7 Å². The van der Waals surface area contributed by atoms with Gasteiger partial charge in [-0.2, -0.15) is 0 Å². The predicted molar refractivity (Wildman–Crippen MR) is 95.4 cm³/mol. The normalized spacial score (nSPS) is 15.5. The monoisotopic (exact) mass is 345 g/mol. The number of aryl methyl sites for hydroxylation is 2. The van der Waals surface area contributed by atoms with E-state index in [9.17, 15) is 4.79 Å². The van der Waals surface area contributed by atoms with Crippen LogP contribution in [-0.4, -0.2) is 53.5 Å². The van der Waals surface area contributed by atoms with Crippen molar-refractivity contribution in [3.05, 3.63) is 45.9 Å². The minimum Gasteiger partial charge on any atom is -0.484 e. The molecule has 3 rings (SSSR count). The third-order valence-corrected chi connectivity index (χ3v) is 5.15. The molecule has 24 heavy (non-hydrogen) atoms. The van der Waals surface area contributed by atoms with E-state index in [2.05, 4.69) is 15.3 Å². The lowest BCUT2D eigenvalue weighted by molar-refractivity contribution is -0.135. The van der Waals surface area contributed by atoms with Crippen molar-refractivity contribution in [3.8, 4) is 5.75 Å². The highest BCUT2D eigenvalue weighted by molar-refractivity contribution is 7.09. The van der Waals surface area contributed by atoms with Crippen LogP contribution in [0.2, 0.25) is 0 Å². The Labute approximate surface area is 146 Å². The molecule has 0 aliphatic carbocycles. The van der Waals surface area contributed by atoms with Crippen LogP contribution in [0, 0.1) is 13.8 Å². The lowest BCUT2D eigenvalue weighted by Gasteiger charge is -2.34. The summed E-state index contributed by atoms with van der Waals surface area (Å²) in [5.74, 6) is 0.839. The Morgan fingerprint density at radius 1 is 1.21 bits per heavy atom. The van der Waals surface area contributed by atoms with Crippen molar-refractivity contribution in [1.29, 1.82) is 0 Å². The Kier molecular flexibility index (Phi) is 5.48. The van der Waals surface area contributed by atoms with Crippen LogP contribution in [0.5, 0.6) is 5.75 Å². The number of aromatic nitrogens is 1. The number of carbonyl (C=O) groups is 1. The summed E-state index contributed by atoms with van der Waals surface area (Å²) >= 11 is 1.70. The van der Waals surface area contributed by atoms with Gasteiger partial charge in [-0.3, -0.25) is 9.69 Å². The van der Waals surface area contributed by atoms with E-state index >= 15 is 0 Å². The molecule has 0 radical (unpaired) electrons. The molecule has 0 bridgehead atoms. The van der Waals surface area contributed by atoms with E-state index in [0.29, 0.717) is 0 Å². The quantitative estimate of drug-likeness (QED) is 0.835. The standard InChI is InChI=1S/C18H23N3O2S/c1-14-5-3-4-6-16(14)23-12-18(22)21-9-7-20(8-10-21)11-17-19-15(2)13-24-17/h3-6,13H,7-12H2,1-2H3. The second kappa shape index (κ2) is 7.77. The number of para-hydroxylation sites is 1. The van der Waals surface area contributed by atoms with Gasteiger partial charge in [-0.05, 0) is 25.5 Å². The highest BCUT2D eigenvalue weighted by Gasteiger charge is 2.22. The number of benzene rings is 1. The molecule has 1 amide bonds. The van der Waals surface area contributed by atoms with Crippen LogP contribution < -0.4 is 4.74 Å². The van der Waals surface area contributed by atoms with E-state index in [1.165, 1.54) is 0 Å². The van der Waals surface area contributed by atoms with E-state index in [-0.39, 0.29) is 12.5 Å². The van der Waals surface area contributed by atoms with Crippen LogP contribution in [0.3, 0.4) is 0 Å². The maximum atomic E-state index is 12.3. The minimum absolute atomic E-state index is 0.0583. The summed E-state index contributed by atoms with van der Waals surface area (Å²) in [6.07, 6.45) is 0. The Morgan fingerprint density at radius 3 is 2.62 bits per heavy atom. The number of nitrogens with zero attached hydrogens (tertiary/aromatic N) is 3. The molecule has 1 saturated heterocycles. The van der Waals surface area contributed by atoms with Gasteiger partial charge in [0.05, 0.1) is 6.54 Å². The van der Waals surface area contributed by atoms with Gasteiger partial charge in [-0.1, -0.05) is 18.2 Å². The summed E-state index contributed by atoms with van der Waals surface area (Å²) in [4.78, 5) is 21.1. The molecule has 5 nitrogen and oxygen atoms in total. The third kappa shape index (κ3) is 4.33. The molecular weight excluding hydrogens is 322 g/mol. The van der Waals surface area contributed by atoms with Gasteiger partial charge in [0.15, 0.2) is 6.61 Å². The predicted octanol–water partition coefficient (Wildman–Crippen LogP) is 2.48. The molecule has 1 aliphatic heterocycles. The molecule has 0 saturated carbocycles. The smallest absolute Gasteiger partial charge is 0.260 e. The first-order chi connectivity index (χ1) is 11.6. The Hall–Kier alpha value is -1.92. The van der Waals surface area contributed by atoms with Crippen LogP contribution in [0.15, 0.2) is 29.6 Å². The summed E-state index contributed by atoms with van der Waals surface area (Å²) in [6, 6.07) is 7.77. The van der Waals surface area contributed by atoms with E-state index in [4.69, 9.17) is 4.74 Å². The summed E-state index contributed by atoms with van der Waals surface area (Å²) in [5, 5.41) is 3.23. The average molecular weight is 345 g/mol. The van der Waals surface area contributed by atoms with Gasteiger partial charge in [0.1, 0.15) is 10.8 Å². The molecule has 1 aromatic heterocycles. The zero-order valence-electron chi connectivity index (χ0n) is 14.2. The fourth-order valence-electron chi connectivity index (χ4n) is 2.77. The molecule has 6 heteroatoms. The summed E-state index contributed by atoms with van der Waals surface area (Å²) in [5.41, 5.74) is 2.13. The number of hydrogen-bond acceptors (Lipinski definition) is 5. The zero-order chi connectivity index (χ0) is 16.9. The van der Waals surface area contributed by atoms with Gasteiger partial charge in [0.2, 0.25) is 0 Å². The number of amides is 1. The first-order valence-electron chi connectivity index (χ1n) is 8.21. The van der Waals surface area contributed by atoms with Gasteiger partial charge in [0.25, 0.3) is 5.91 Å². The molecule has 0 atom stereocenters. The minimum atomic E-state index is 0.0583. The van der Waals surface area contributed by atoms with Crippen molar-refractivity contribution in [2.75, 3.05) is 32.8 Å². The molecule has 0 spiro atoms. The molecule has 0 N–H and O–H groups in total. The van der Waals surface area contributed by atoms with Crippen LogP contribution in [0.25, 0.3) is 0 Å². The molecule has 1 aliphatic rings. The largest absolute Gasteiger partial charge is 0.484 e. The molecular formula is C18H23N3O2S. The van der Waals surface area contributed by atoms with Crippen molar-refractivity contribution in [3.63, 3.8) is 0 Å². The number of carbonyl (C=O) groups excluding carboxylic acids is 1. The molecule has 0 unspecified atom stereocenters. The Bertz CT molecular complexity index is 693. The molecule has 1 fully saturated rings. The highest BCUT2D eigenvalue weighted by atomic mass is 32.1. The summed E-state index contributed by atoms with van der Waals surface area (Å²) in [7, 11) is 0. The maximum Gasteiger partial charge on any atom is 0.260 e. The zero-order valence-corrected chi connectivity index (χ0v) is 15.0. The highest BCUT2D eigenvalue weighted by Crippen LogP contribution is 2.17. The second-order valence-corrected chi connectivity index (χ2v) is 7.04. The van der Waals surface area contributed by atoms with Crippen molar-refractivity contribution in [2.24, 2.45) is 0 Å². The second-order valence-electron chi connectivity index (χ2n) is 6.09. The number of piperazine rings is 1. The lowest BCUT2D eigenvalue weighted by Crippen LogP contribution is -2.49. The van der Waals surface area contributed by atoms with Crippen LogP contribution in [0.4, 0.5) is 0 Å². The van der Waals surface area contributed by atoms with E-state index in [1.54, 1.807) is 11.3 Å². The summed E-state index contributed by atoms with van der Waals surface area (Å²) < 4.78 is 5.66. The van der Waals surface area contributed by atoms with E-state index in [1.807, 2.05) is 43.0 Å². The molecule has 2 heterocycles. The van der Waals surface area contributed by atoms with Gasteiger partial charge in [0, 0.05) is 37.3 Å². The number of hydrogen-bond donors (Lipinski definition) is 0. The Balaban J connectivity index is 1.44. The Morgan fingerprint density at radius 2 is 1.96 bits per heavy atom. The van der Waals surface area contributed by atoms with Gasteiger partial charge in [-0.25, -0.2) is 4.98 Å². The maximum absolute atomic E-state index is 12.3. The first kappa shape index (κ1) is 16.9. The lowest BCUT2D eigenvalue weighted by atomic mass is 10.2. The molecule has 1 aromatic carbocycles. The van der Waals surface area contributed by atoms with Crippen molar-refractivity contribution >= 4 is 17.2 Å². The van der Waals surface area contributed by atoms with Gasteiger partial charge >= 0.3 is 0 Å². The van der Waals surface area contributed by atoms with Crippen LogP contribution in [0.1, 0.15) is 16.3 Å². The first-order valence-corrected chi connectivity index (χ1v) is 9.09. The van der Waals surface area contributed by atoms with Crippen molar-refractivity contribution < 1.29 is 9.53 Å². The average Bonchev–Trinajstić information content (AvgIpc) is 2.99. The van der Waals surface area contributed by atoms with Crippen molar-refractivity contribution in [1.82, 2.24) is 14.8 Å². The number of rotatable bonds is 5. The SMILES string of the molecule is Cc1csc(CN2CCN(C(=O)COc3ccccc3C)CC2)n1. The number of thiazole rings is 1. The topological polar surface area (TPSA) is 45.7 Å². The molecule has 2 aromatic rings. The van der Waals surface area contributed by atoms with Gasteiger partial charge < -0.3 is 9.64 Å². The summed E-state index contributed by atoms with van der Waals surface area (Å²) in [6.45, 7) is 8.25.